The highest BCUT2D eigenvalue weighted by molar-refractivity contribution is 5.96. The van der Waals surface area contributed by atoms with Crippen LogP contribution < -0.4 is 0 Å². The van der Waals surface area contributed by atoms with E-state index in [-0.39, 0.29) is 18.2 Å². The van der Waals surface area contributed by atoms with E-state index in [1.807, 2.05) is 0 Å². The zero-order chi connectivity index (χ0) is 13.3. The molecule has 1 saturated carbocycles. The molecular weight excluding hydrogens is 237 g/mol. The third-order valence-electron chi connectivity index (χ3n) is 2.98. The van der Waals surface area contributed by atoms with E-state index >= 15 is 0 Å². The summed E-state index contributed by atoms with van der Waals surface area (Å²) in [6, 6.07) is 4.50. The Morgan fingerprint density at radius 1 is 1.44 bits per heavy atom. The second kappa shape index (κ2) is 4.76. The lowest BCUT2D eigenvalue weighted by atomic mass is 10.1. The Labute approximate surface area is 104 Å². The summed E-state index contributed by atoms with van der Waals surface area (Å²) >= 11 is 0. The maximum absolute atomic E-state index is 13.8. The van der Waals surface area contributed by atoms with Crippen molar-refractivity contribution in [1.29, 1.82) is 0 Å². The van der Waals surface area contributed by atoms with Crippen LogP contribution in [-0.2, 0) is 4.79 Å². The molecule has 1 aromatic rings. The first kappa shape index (κ1) is 12.5. The van der Waals surface area contributed by atoms with Crippen molar-refractivity contribution in [2.75, 3.05) is 6.54 Å². The molecule has 0 unspecified atom stereocenters. The van der Waals surface area contributed by atoms with Gasteiger partial charge in [0.15, 0.2) is 0 Å². The number of carbonyl (C=O) groups excluding carboxylic acids is 1. The van der Waals surface area contributed by atoms with Gasteiger partial charge in [-0.25, -0.2) is 4.39 Å². The van der Waals surface area contributed by atoms with Crippen molar-refractivity contribution in [3.63, 3.8) is 0 Å². The Bertz CT molecular complexity index is 497. The van der Waals surface area contributed by atoms with Crippen LogP contribution in [0.3, 0.4) is 0 Å². The summed E-state index contributed by atoms with van der Waals surface area (Å²) in [6.07, 6.45) is 1.57. The molecule has 1 fully saturated rings. The van der Waals surface area contributed by atoms with Gasteiger partial charge in [0.25, 0.3) is 5.91 Å². The molecule has 4 nitrogen and oxygen atoms in total. The SMILES string of the molecule is Cc1cccc(C(=O)N(CC(=O)O)C2CC2)c1F. The number of hydrogen-bond acceptors (Lipinski definition) is 2. The number of nitrogens with zero attached hydrogens (tertiary/aromatic N) is 1. The number of aryl methyl sites for hydroxylation is 1. The molecule has 0 radical (unpaired) electrons. The maximum atomic E-state index is 13.8. The topological polar surface area (TPSA) is 57.6 Å². The number of amides is 1. The quantitative estimate of drug-likeness (QED) is 0.888. The summed E-state index contributed by atoms with van der Waals surface area (Å²) < 4.78 is 13.8. The number of benzene rings is 1. The maximum Gasteiger partial charge on any atom is 0.323 e. The Hall–Kier alpha value is -1.91. The van der Waals surface area contributed by atoms with E-state index in [0.29, 0.717) is 5.56 Å². The summed E-state index contributed by atoms with van der Waals surface area (Å²) in [6.45, 7) is 1.20. The Balaban J connectivity index is 2.27. The lowest BCUT2D eigenvalue weighted by Gasteiger charge is -2.20. The minimum atomic E-state index is -1.08. The molecule has 0 heterocycles. The Morgan fingerprint density at radius 2 is 2.11 bits per heavy atom. The summed E-state index contributed by atoms with van der Waals surface area (Å²) in [5, 5.41) is 8.79. The predicted octanol–water partition coefficient (Wildman–Crippen LogP) is 1.82. The fraction of sp³-hybridized carbons (Fsp3) is 0.385. The van der Waals surface area contributed by atoms with E-state index in [0.717, 1.165) is 12.8 Å². The van der Waals surface area contributed by atoms with E-state index in [1.54, 1.807) is 19.1 Å². The van der Waals surface area contributed by atoms with Crippen molar-refractivity contribution >= 4 is 11.9 Å². The van der Waals surface area contributed by atoms with Gasteiger partial charge in [-0.3, -0.25) is 9.59 Å². The van der Waals surface area contributed by atoms with Crippen LogP contribution in [0.2, 0.25) is 0 Å². The van der Waals surface area contributed by atoms with Gasteiger partial charge >= 0.3 is 5.97 Å². The normalized spacial score (nSPS) is 14.3. The van der Waals surface area contributed by atoms with Crippen LogP contribution in [0.4, 0.5) is 4.39 Å². The molecule has 0 aromatic heterocycles. The van der Waals surface area contributed by atoms with Crippen molar-refractivity contribution in [2.45, 2.75) is 25.8 Å². The highest BCUT2D eigenvalue weighted by Crippen LogP contribution is 2.28. The molecule has 1 aliphatic rings. The van der Waals surface area contributed by atoms with Gasteiger partial charge in [0.1, 0.15) is 12.4 Å². The third-order valence-corrected chi connectivity index (χ3v) is 2.98. The van der Waals surface area contributed by atoms with E-state index in [1.165, 1.54) is 11.0 Å². The van der Waals surface area contributed by atoms with E-state index < -0.39 is 17.7 Å². The number of aliphatic carboxylic acids is 1. The van der Waals surface area contributed by atoms with Crippen molar-refractivity contribution < 1.29 is 19.1 Å². The highest BCUT2D eigenvalue weighted by Gasteiger charge is 2.35. The third kappa shape index (κ3) is 2.50. The van der Waals surface area contributed by atoms with Crippen molar-refractivity contribution in [3.05, 3.63) is 35.1 Å². The van der Waals surface area contributed by atoms with E-state index in [2.05, 4.69) is 0 Å². The number of rotatable bonds is 4. The molecule has 0 aliphatic heterocycles. The van der Waals surface area contributed by atoms with Gasteiger partial charge in [-0.15, -0.1) is 0 Å². The molecule has 0 bridgehead atoms. The second-order valence-electron chi connectivity index (χ2n) is 4.49. The molecule has 0 saturated heterocycles. The van der Waals surface area contributed by atoms with Crippen LogP contribution in [0.15, 0.2) is 18.2 Å². The first-order valence-electron chi connectivity index (χ1n) is 5.78. The Morgan fingerprint density at radius 3 is 2.67 bits per heavy atom. The minimum Gasteiger partial charge on any atom is -0.480 e. The second-order valence-corrected chi connectivity index (χ2v) is 4.49. The fourth-order valence-electron chi connectivity index (χ4n) is 1.87. The van der Waals surface area contributed by atoms with Gasteiger partial charge in [-0.1, -0.05) is 12.1 Å². The molecule has 96 valence electrons. The summed E-state index contributed by atoms with van der Waals surface area (Å²) in [4.78, 5) is 24.1. The number of carboxylic acids is 1. The molecule has 5 heteroatoms. The molecule has 1 amide bonds. The lowest BCUT2D eigenvalue weighted by molar-refractivity contribution is -0.137. The molecule has 0 atom stereocenters. The molecule has 1 aliphatic carbocycles. The number of hydrogen-bond donors (Lipinski definition) is 1. The first-order chi connectivity index (χ1) is 8.50. The summed E-state index contributed by atoms with van der Waals surface area (Å²) in [5.74, 6) is -2.19. The summed E-state index contributed by atoms with van der Waals surface area (Å²) in [5.41, 5.74) is 0.329. The van der Waals surface area contributed by atoms with Gasteiger partial charge in [0.2, 0.25) is 0 Å². The van der Waals surface area contributed by atoms with Crippen LogP contribution in [0.5, 0.6) is 0 Å². The van der Waals surface area contributed by atoms with Gasteiger partial charge in [-0.2, -0.15) is 0 Å². The van der Waals surface area contributed by atoms with Crippen molar-refractivity contribution in [3.8, 4) is 0 Å². The predicted molar refractivity (Wildman–Crippen MR) is 62.8 cm³/mol. The minimum absolute atomic E-state index is 0.0526. The largest absolute Gasteiger partial charge is 0.480 e. The van der Waals surface area contributed by atoms with Crippen LogP contribution in [-0.4, -0.2) is 34.5 Å². The first-order valence-corrected chi connectivity index (χ1v) is 5.78. The zero-order valence-electron chi connectivity index (χ0n) is 10.0. The zero-order valence-corrected chi connectivity index (χ0v) is 10.0. The van der Waals surface area contributed by atoms with Gasteiger partial charge in [0.05, 0.1) is 5.56 Å². The molecule has 18 heavy (non-hydrogen) atoms. The summed E-state index contributed by atoms with van der Waals surface area (Å²) in [7, 11) is 0. The van der Waals surface area contributed by atoms with Gasteiger partial charge in [0, 0.05) is 6.04 Å². The fourth-order valence-corrected chi connectivity index (χ4v) is 1.87. The van der Waals surface area contributed by atoms with Crippen LogP contribution in [0.1, 0.15) is 28.8 Å². The van der Waals surface area contributed by atoms with Gasteiger partial charge < -0.3 is 10.0 Å². The number of carboxylic acid groups (broad SMARTS) is 1. The van der Waals surface area contributed by atoms with Gasteiger partial charge in [-0.05, 0) is 31.4 Å². The average molecular weight is 251 g/mol. The average Bonchev–Trinajstić information content (AvgIpc) is 3.12. The Kier molecular flexibility index (Phi) is 3.32. The van der Waals surface area contributed by atoms with Crippen LogP contribution in [0.25, 0.3) is 0 Å². The van der Waals surface area contributed by atoms with E-state index in [4.69, 9.17) is 5.11 Å². The molecule has 1 aromatic carbocycles. The highest BCUT2D eigenvalue weighted by atomic mass is 19.1. The van der Waals surface area contributed by atoms with E-state index in [9.17, 15) is 14.0 Å². The smallest absolute Gasteiger partial charge is 0.323 e. The van der Waals surface area contributed by atoms with Crippen molar-refractivity contribution in [1.82, 2.24) is 4.90 Å². The van der Waals surface area contributed by atoms with Crippen LogP contribution >= 0.6 is 0 Å². The molecule has 1 N–H and O–H groups in total. The van der Waals surface area contributed by atoms with Crippen molar-refractivity contribution in [2.24, 2.45) is 0 Å². The molecule has 0 spiro atoms. The molecular formula is C13H14FNO3. The number of halogens is 1. The molecule has 2 rings (SSSR count). The standard InChI is InChI=1S/C13H14FNO3/c1-8-3-2-4-10(12(8)14)13(18)15(7-11(16)17)9-5-6-9/h2-4,9H,5-7H2,1H3,(H,16,17). The lowest BCUT2D eigenvalue weighted by Crippen LogP contribution is -2.37. The van der Waals surface area contributed by atoms with Crippen LogP contribution in [0, 0.1) is 12.7 Å². The number of carbonyl (C=O) groups is 2. The monoisotopic (exact) mass is 251 g/mol.